The molecule has 0 saturated heterocycles. The van der Waals surface area contributed by atoms with E-state index in [1.807, 2.05) is 77.4 Å². The van der Waals surface area contributed by atoms with Gasteiger partial charge in [-0.1, -0.05) is 36.9 Å². The van der Waals surface area contributed by atoms with Crippen molar-refractivity contribution in [1.29, 1.82) is 0 Å². The lowest BCUT2D eigenvalue weighted by Crippen LogP contribution is -2.15. The normalized spacial score (nSPS) is 10.7. The van der Waals surface area contributed by atoms with E-state index in [9.17, 15) is 4.79 Å². The number of benzene rings is 3. The molecule has 0 aliphatic carbocycles. The van der Waals surface area contributed by atoms with Gasteiger partial charge in [0.2, 0.25) is 5.91 Å². The van der Waals surface area contributed by atoms with Crippen molar-refractivity contribution < 1.29 is 14.3 Å². The van der Waals surface area contributed by atoms with Gasteiger partial charge in [0.25, 0.3) is 0 Å². The van der Waals surface area contributed by atoms with Gasteiger partial charge in [0, 0.05) is 16.9 Å². The van der Waals surface area contributed by atoms with E-state index in [2.05, 4.69) is 22.4 Å². The molecule has 0 aliphatic rings. The third-order valence-electron chi connectivity index (χ3n) is 5.32. The molecule has 1 N–H and O–H groups in total. The molecule has 0 aliphatic heterocycles. The highest BCUT2D eigenvalue weighted by molar-refractivity contribution is 7.99. The van der Waals surface area contributed by atoms with Crippen molar-refractivity contribution in [2.45, 2.75) is 18.5 Å². The van der Waals surface area contributed by atoms with Gasteiger partial charge in [0.05, 0.1) is 20.0 Å². The molecule has 7 nitrogen and oxygen atoms in total. The number of aryl methyl sites for hydroxylation is 1. The van der Waals surface area contributed by atoms with E-state index in [0.29, 0.717) is 11.0 Å². The van der Waals surface area contributed by atoms with E-state index >= 15 is 0 Å². The number of carbonyl (C=O) groups excluding carboxylic acids is 1. The van der Waals surface area contributed by atoms with Gasteiger partial charge in [-0.05, 0) is 66.6 Å². The highest BCUT2D eigenvalue weighted by atomic mass is 32.2. The first-order valence-electron chi connectivity index (χ1n) is 10.9. The summed E-state index contributed by atoms with van der Waals surface area (Å²) >= 11 is 1.34. The minimum Gasteiger partial charge on any atom is -0.497 e. The summed E-state index contributed by atoms with van der Waals surface area (Å²) in [6.45, 7) is 2.07. The number of amides is 1. The maximum Gasteiger partial charge on any atom is 0.234 e. The van der Waals surface area contributed by atoms with Crippen molar-refractivity contribution in [3.05, 3.63) is 78.4 Å². The Balaban J connectivity index is 1.61. The van der Waals surface area contributed by atoms with E-state index in [1.165, 1.54) is 11.8 Å². The van der Waals surface area contributed by atoms with E-state index in [-0.39, 0.29) is 11.7 Å². The first-order valence-corrected chi connectivity index (χ1v) is 11.9. The highest BCUT2D eigenvalue weighted by Gasteiger charge is 2.18. The van der Waals surface area contributed by atoms with Gasteiger partial charge in [-0.2, -0.15) is 0 Å². The standard InChI is InChI=1S/C26H26N4O3S/c1-4-18-7-5-6-8-23(18)27-24(31)17-34-26-29-28-25(19-9-13-21(32-2)14-10-19)30(26)20-11-15-22(33-3)16-12-20/h5-16H,4,17H2,1-3H3,(H,27,31). The molecule has 8 heteroatoms. The number of ether oxygens (including phenoxy) is 2. The van der Waals surface area contributed by atoms with E-state index in [4.69, 9.17) is 9.47 Å². The molecule has 1 aromatic heterocycles. The summed E-state index contributed by atoms with van der Waals surface area (Å²) in [6.07, 6.45) is 0.848. The van der Waals surface area contributed by atoms with Crippen LogP contribution in [0.3, 0.4) is 0 Å². The number of nitrogens with one attached hydrogen (secondary N) is 1. The summed E-state index contributed by atoms with van der Waals surface area (Å²) in [5, 5.41) is 12.5. The average Bonchev–Trinajstić information content (AvgIpc) is 3.32. The molecule has 1 amide bonds. The molecule has 0 saturated carbocycles. The first-order chi connectivity index (χ1) is 16.6. The summed E-state index contributed by atoms with van der Waals surface area (Å²) in [5.41, 5.74) is 3.70. The lowest BCUT2D eigenvalue weighted by Gasteiger charge is -2.12. The van der Waals surface area contributed by atoms with E-state index in [1.54, 1.807) is 14.2 Å². The Morgan fingerprint density at radius 2 is 1.56 bits per heavy atom. The Morgan fingerprint density at radius 1 is 0.912 bits per heavy atom. The fourth-order valence-electron chi connectivity index (χ4n) is 3.52. The predicted octanol–water partition coefficient (Wildman–Crippen LogP) is 5.24. The topological polar surface area (TPSA) is 78.3 Å². The zero-order chi connectivity index (χ0) is 23.9. The van der Waals surface area contributed by atoms with Crippen LogP contribution in [-0.2, 0) is 11.2 Å². The second-order valence-electron chi connectivity index (χ2n) is 7.42. The quantitative estimate of drug-likeness (QED) is 0.334. The van der Waals surface area contributed by atoms with Crippen molar-refractivity contribution in [2.75, 3.05) is 25.3 Å². The van der Waals surface area contributed by atoms with Crippen LogP contribution in [0.1, 0.15) is 12.5 Å². The smallest absolute Gasteiger partial charge is 0.234 e. The third kappa shape index (κ3) is 5.23. The summed E-state index contributed by atoms with van der Waals surface area (Å²) < 4.78 is 12.5. The third-order valence-corrected chi connectivity index (χ3v) is 6.25. The van der Waals surface area contributed by atoms with Gasteiger partial charge >= 0.3 is 0 Å². The van der Waals surface area contributed by atoms with Crippen molar-refractivity contribution in [1.82, 2.24) is 14.8 Å². The number of anilines is 1. The molecular weight excluding hydrogens is 448 g/mol. The number of para-hydroxylation sites is 1. The van der Waals surface area contributed by atoms with E-state index in [0.717, 1.165) is 40.4 Å². The van der Waals surface area contributed by atoms with Gasteiger partial charge < -0.3 is 14.8 Å². The number of aromatic nitrogens is 3. The zero-order valence-electron chi connectivity index (χ0n) is 19.3. The molecule has 0 fully saturated rings. The van der Waals surface area contributed by atoms with Crippen LogP contribution in [0.15, 0.2) is 78.0 Å². The second-order valence-corrected chi connectivity index (χ2v) is 8.36. The maximum atomic E-state index is 12.7. The zero-order valence-corrected chi connectivity index (χ0v) is 20.1. The van der Waals surface area contributed by atoms with Crippen molar-refractivity contribution in [3.8, 4) is 28.6 Å². The minimum absolute atomic E-state index is 0.0961. The number of rotatable bonds is 9. The van der Waals surface area contributed by atoms with Crippen LogP contribution in [0, 0.1) is 0 Å². The largest absolute Gasteiger partial charge is 0.497 e. The second kappa shape index (κ2) is 10.9. The van der Waals surface area contributed by atoms with Crippen LogP contribution in [0.5, 0.6) is 11.5 Å². The summed E-state index contributed by atoms with van der Waals surface area (Å²) in [5.74, 6) is 2.30. The number of carbonyl (C=O) groups is 1. The van der Waals surface area contributed by atoms with Crippen molar-refractivity contribution >= 4 is 23.4 Å². The molecule has 174 valence electrons. The first kappa shape index (κ1) is 23.4. The average molecular weight is 475 g/mol. The van der Waals surface area contributed by atoms with Gasteiger partial charge in [-0.3, -0.25) is 9.36 Å². The van der Waals surface area contributed by atoms with Crippen LogP contribution < -0.4 is 14.8 Å². The minimum atomic E-state index is -0.0961. The van der Waals surface area contributed by atoms with E-state index < -0.39 is 0 Å². The molecule has 0 atom stereocenters. The Labute approximate surface area is 203 Å². The Bertz CT molecular complexity index is 1250. The summed E-state index contributed by atoms with van der Waals surface area (Å²) in [4.78, 5) is 12.7. The Hall–Kier alpha value is -3.78. The van der Waals surface area contributed by atoms with Crippen LogP contribution in [0.25, 0.3) is 17.1 Å². The van der Waals surface area contributed by atoms with Crippen LogP contribution in [0.4, 0.5) is 5.69 Å². The Morgan fingerprint density at radius 3 is 2.21 bits per heavy atom. The molecule has 4 aromatic rings. The molecule has 4 rings (SSSR count). The monoisotopic (exact) mass is 474 g/mol. The fraction of sp³-hybridized carbons (Fsp3) is 0.192. The molecule has 0 bridgehead atoms. The SMILES string of the molecule is CCc1ccccc1NC(=O)CSc1nnc(-c2ccc(OC)cc2)n1-c1ccc(OC)cc1. The fourth-order valence-corrected chi connectivity index (χ4v) is 4.27. The van der Waals surface area contributed by atoms with Gasteiger partial charge in [0.15, 0.2) is 11.0 Å². The Kier molecular flexibility index (Phi) is 7.49. The predicted molar refractivity (Wildman–Crippen MR) is 135 cm³/mol. The maximum absolute atomic E-state index is 12.7. The molecule has 3 aromatic carbocycles. The van der Waals surface area contributed by atoms with Crippen molar-refractivity contribution in [2.24, 2.45) is 0 Å². The highest BCUT2D eigenvalue weighted by Crippen LogP contribution is 2.30. The molecule has 1 heterocycles. The van der Waals surface area contributed by atoms with Crippen LogP contribution >= 0.6 is 11.8 Å². The lowest BCUT2D eigenvalue weighted by atomic mass is 10.1. The molecular formula is C26H26N4O3S. The van der Waals surface area contributed by atoms with Crippen molar-refractivity contribution in [3.63, 3.8) is 0 Å². The van der Waals surface area contributed by atoms with Gasteiger partial charge in [-0.15, -0.1) is 10.2 Å². The number of nitrogens with zero attached hydrogens (tertiary/aromatic N) is 3. The molecule has 0 radical (unpaired) electrons. The van der Waals surface area contributed by atoms with Crippen LogP contribution in [-0.4, -0.2) is 40.6 Å². The molecule has 0 unspecified atom stereocenters. The van der Waals surface area contributed by atoms with Gasteiger partial charge in [0.1, 0.15) is 11.5 Å². The number of hydrogen-bond acceptors (Lipinski definition) is 6. The lowest BCUT2D eigenvalue weighted by molar-refractivity contribution is -0.113. The number of thioether (sulfide) groups is 1. The summed E-state index contributed by atoms with van der Waals surface area (Å²) in [7, 11) is 3.26. The number of methoxy groups -OCH3 is 2. The molecule has 0 spiro atoms. The molecule has 34 heavy (non-hydrogen) atoms. The number of hydrogen-bond donors (Lipinski definition) is 1. The van der Waals surface area contributed by atoms with Gasteiger partial charge in [-0.25, -0.2) is 0 Å². The summed E-state index contributed by atoms with van der Waals surface area (Å²) in [6, 6.07) is 23.1. The van der Waals surface area contributed by atoms with Crippen LogP contribution in [0.2, 0.25) is 0 Å².